The summed E-state index contributed by atoms with van der Waals surface area (Å²) in [6, 6.07) is 7.92. The summed E-state index contributed by atoms with van der Waals surface area (Å²) in [4.78, 5) is 20.3. The number of amides is 1. The van der Waals surface area contributed by atoms with Gasteiger partial charge in [-0.2, -0.15) is 0 Å². The van der Waals surface area contributed by atoms with Crippen LogP contribution in [0.5, 0.6) is 0 Å². The predicted octanol–water partition coefficient (Wildman–Crippen LogP) is 3.72. The van der Waals surface area contributed by atoms with Gasteiger partial charge in [0.1, 0.15) is 11.5 Å². The molecule has 2 heterocycles. The molecule has 146 valence electrons. The molecule has 2 aromatic rings. The first-order valence-electron chi connectivity index (χ1n) is 9.00. The molecule has 3 rings (SSSR count). The Morgan fingerprint density at radius 2 is 2.36 bits per heavy atom. The molecule has 1 aliphatic heterocycles. The topological polar surface area (TPSA) is 72.8 Å². The fraction of sp³-hybridized carbons (Fsp3) is 0.286. The quantitative estimate of drug-likeness (QED) is 0.609. The van der Waals surface area contributed by atoms with Gasteiger partial charge in [0, 0.05) is 30.6 Å². The molecular weight excluding hydrogens is 361 g/mol. The molecule has 0 saturated carbocycles. The zero-order valence-corrected chi connectivity index (χ0v) is 15.7. The lowest BCUT2D eigenvalue weighted by Gasteiger charge is -2.16. The van der Waals surface area contributed by atoms with E-state index in [1.54, 1.807) is 31.2 Å². The first kappa shape index (κ1) is 19.7. The van der Waals surface area contributed by atoms with E-state index in [9.17, 15) is 9.18 Å². The van der Waals surface area contributed by atoms with Crippen molar-refractivity contribution >= 4 is 17.5 Å². The van der Waals surface area contributed by atoms with Gasteiger partial charge in [0.15, 0.2) is 0 Å². The average molecular weight is 383 g/mol. The first-order valence-corrected chi connectivity index (χ1v) is 9.00. The van der Waals surface area contributed by atoms with Gasteiger partial charge in [-0.15, -0.1) is 0 Å². The summed E-state index contributed by atoms with van der Waals surface area (Å²) in [6.07, 6.45) is 3.74. The number of hydrogen-bond acceptors (Lipinski definition) is 5. The lowest BCUT2D eigenvalue weighted by Crippen LogP contribution is -2.18. The highest BCUT2D eigenvalue weighted by atomic mass is 19.1. The highest BCUT2D eigenvalue weighted by molar-refractivity contribution is 6.03. The fourth-order valence-electron chi connectivity index (χ4n) is 2.95. The van der Waals surface area contributed by atoms with E-state index >= 15 is 0 Å². The molecule has 1 aromatic carbocycles. The van der Waals surface area contributed by atoms with Gasteiger partial charge in [0.05, 0.1) is 18.8 Å². The van der Waals surface area contributed by atoms with Crippen molar-refractivity contribution in [3.8, 4) is 0 Å². The number of halogens is 1. The molecule has 28 heavy (non-hydrogen) atoms. The first-order chi connectivity index (χ1) is 13.6. The number of nitrogens with one attached hydrogen (secondary N) is 1. The van der Waals surface area contributed by atoms with E-state index in [1.807, 2.05) is 0 Å². The van der Waals surface area contributed by atoms with Crippen LogP contribution in [-0.4, -0.2) is 36.6 Å². The number of aryl methyl sites for hydroxylation is 1. The van der Waals surface area contributed by atoms with Crippen molar-refractivity contribution in [2.24, 2.45) is 10.9 Å². The maximum absolute atomic E-state index is 14.9. The number of aliphatic imine (C=N–C) groups is 1. The number of rotatable bonds is 6. The van der Waals surface area contributed by atoms with Gasteiger partial charge in [0.25, 0.3) is 5.91 Å². The number of ether oxygens (including phenoxy) is 2. The Bertz CT molecular complexity index is 855. The van der Waals surface area contributed by atoms with Crippen LogP contribution < -0.4 is 5.32 Å². The van der Waals surface area contributed by atoms with Gasteiger partial charge in [-0.1, -0.05) is 12.6 Å². The summed E-state index contributed by atoms with van der Waals surface area (Å²) in [7, 11) is 0. The van der Waals surface area contributed by atoms with E-state index in [2.05, 4.69) is 21.9 Å². The zero-order valence-electron chi connectivity index (χ0n) is 15.7. The van der Waals surface area contributed by atoms with Crippen molar-refractivity contribution in [1.82, 2.24) is 4.98 Å². The molecular formula is C21H22FN3O3. The third-order valence-electron chi connectivity index (χ3n) is 4.34. The Kier molecular flexibility index (Phi) is 6.49. The molecule has 1 aliphatic rings. The van der Waals surface area contributed by atoms with Crippen LogP contribution in [0.3, 0.4) is 0 Å². The van der Waals surface area contributed by atoms with Crippen molar-refractivity contribution in [3.05, 3.63) is 71.9 Å². The van der Waals surface area contributed by atoms with E-state index in [4.69, 9.17) is 9.47 Å². The minimum atomic E-state index is -0.542. The average Bonchev–Trinajstić information content (AvgIpc) is 3.20. The monoisotopic (exact) mass is 383 g/mol. The van der Waals surface area contributed by atoms with Crippen LogP contribution >= 0.6 is 0 Å². The highest BCUT2D eigenvalue weighted by Gasteiger charge is 2.21. The summed E-state index contributed by atoms with van der Waals surface area (Å²) >= 11 is 0. The number of carbonyl (C=O) groups excluding carboxylic acids is 1. The third kappa shape index (κ3) is 4.80. The van der Waals surface area contributed by atoms with Crippen molar-refractivity contribution in [1.29, 1.82) is 0 Å². The molecule has 1 atom stereocenters. The van der Waals surface area contributed by atoms with Crippen molar-refractivity contribution in [2.45, 2.75) is 13.3 Å². The molecule has 1 N–H and O–H groups in total. The Balaban J connectivity index is 1.78. The molecule has 0 bridgehead atoms. The summed E-state index contributed by atoms with van der Waals surface area (Å²) < 4.78 is 25.9. The fourth-order valence-corrected chi connectivity index (χ4v) is 2.95. The number of anilines is 1. The Hall–Kier alpha value is -3.06. The normalized spacial score (nSPS) is 16.6. The number of carbonyl (C=O) groups is 1. The molecule has 7 heteroatoms. The molecule has 1 amide bonds. The maximum atomic E-state index is 14.9. The summed E-state index contributed by atoms with van der Waals surface area (Å²) in [6.45, 7) is 7.04. The minimum Gasteiger partial charge on any atom is -0.477 e. The molecule has 1 saturated heterocycles. The summed E-state index contributed by atoms with van der Waals surface area (Å²) in [5, 5.41) is 2.66. The molecule has 1 unspecified atom stereocenters. The minimum absolute atomic E-state index is 0.166. The largest absolute Gasteiger partial charge is 0.477 e. The van der Waals surface area contributed by atoms with Crippen molar-refractivity contribution < 1.29 is 18.7 Å². The van der Waals surface area contributed by atoms with Crippen LogP contribution in [0.15, 0.2) is 54.3 Å². The standard InChI is InChI=1S/C21H22FN3O3/c1-3-23-21(28-13-15-7-9-27-12-15)19-14(2)10-16(11-17(19)22)25-20(26)18-6-4-5-8-24-18/h3-6,8,10-11,15H,1,7,9,12-13H2,2H3,(H,25,26). The van der Waals surface area contributed by atoms with Crippen LogP contribution in [0.4, 0.5) is 10.1 Å². The van der Waals surface area contributed by atoms with Crippen molar-refractivity contribution in [2.75, 3.05) is 25.1 Å². The second-order valence-electron chi connectivity index (χ2n) is 6.48. The smallest absolute Gasteiger partial charge is 0.274 e. The van der Waals surface area contributed by atoms with Gasteiger partial charge >= 0.3 is 0 Å². The molecule has 1 aromatic heterocycles. The molecule has 0 aliphatic carbocycles. The summed E-state index contributed by atoms with van der Waals surface area (Å²) in [5.74, 6) is -0.529. The highest BCUT2D eigenvalue weighted by Crippen LogP contribution is 2.22. The van der Waals surface area contributed by atoms with E-state index in [0.717, 1.165) is 6.42 Å². The molecule has 0 spiro atoms. The van der Waals surface area contributed by atoms with Gasteiger partial charge in [-0.05, 0) is 43.2 Å². The molecule has 6 nitrogen and oxygen atoms in total. The van der Waals surface area contributed by atoms with Gasteiger partial charge in [-0.3, -0.25) is 9.78 Å². The van der Waals surface area contributed by atoms with Crippen LogP contribution in [0.1, 0.15) is 28.0 Å². The number of benzene rings is 1. The van der Waals surface area contributed by atoms with E-state index in [1.165, 1.54) is 18.5 Å². The third-order valence-corrected chi connectivity index (χ3v) is 4.34. The maximum Gasteiger partial charge on any atom is 0.274 e. The predicted molar refractivity (Wildman–Crippen MR) is 105 cm³/mol. The Labute approximate surface area is 163 Å². The Morgan fingerprint density at radius 3 is 3.00 bits per heavy atom. The van der Waals surface area contributed by atoms with Gasteiger partial charge < -0.3 is 14.8 Å². The lowest BCUT2D eigenvalue weighted by atomic mass is 10.1. The number of aromatic nitrogens is 1. The van der Waals surface area contributed by atoms with Crippen LogP contribution in [0.25, 0.3) is 0 Å². The van der Waals surface area contributed by atoms with Gasteiger partial charge in [0.2, 0.25) is 5.90 Å². The SMILES string of the molecule is C=CN=C(OCC1CCOC1)c1c(C)cc(NC(=O)c2ccccn2)cc1F. The van der Waals surface area contributed by atoms with Crippen LogP contribution in [0.2, 0.25) is 0 Å². The Morgan fingerprint density at radius 1 is 1.50 bits per heavy atom. The number of nitrogens with zero attached hydrogens (tertiary/aromatic N) is 2. The van der Waals surface area contributed by atoms with Crippen LogP contribution in [-0.2, 0) is 9.47 Å². The van der Waals surface area contributed by atoms with Gasteiger partial charge in [-0.25, -0.2) is 9.38 Å². The molecule has 0 radical (unpaired) electrons. The van der Waals surface area contributed by atoms with Crippen LogP contribution in [0, 0.1) is 18.7 Å². The molecule has 1 fully saturated rings. The van der Waals surface area contributed by atoms with Crippen molar-refractivity contribution in [3.63, 3.8) is 0 Å². The van der Waals surface area contributed by atoms with E-state index in [-0.39, 0.29) is 23.1 Å². The second-order valence-corrected chi connectivity index (χ2v) is 6.48. The second kappa shape index (κ2) is 9.23. The zero-order chi connectivity index (χ0) is 19.9. The summed E-state index contributed by atoms with van der Waals surface area (Å²) in [5.41, 5.74) is 1.41. The van der Waals surface area contributed by atoms with E-state index < -0.39 is 11.7 Å². The number of pyridine rings is 1. The van der Waals surface area contributed by atoms with E-state index in [0.29, 0.717) is 31.1 Å². The lowest BCUT2D eigenvalue weighted by molar-refractivity contribution is 0.102. The number of hydrogen-bond donors (Lipinski definition) is 1.